The molecule has 0 atom stereocenters. The zero-order chi connectivity index (χ0) is 14.9. The van der Waals surface area contributed by atoms with Crippen molar-refractivity contribution in [3.05, 3.63) is 0 Å². The van der Waals surface area contributed by atoms with Crippen molar-refractivity contribution >= 4 is 11.9 Å². The fraction of sp³-hybridized carbons (Fsp3) is 0.867. The van der Waals surface area contributed by atoms with Gasteiger partial charge in [0.1, 0.15) is 0 Å². The van der Waals surface area contributed by atoms with E-state index in [0.717, 1.165) is 38.5 Å². The van der Waals surface area contributed by atoms with Crippen LogP contribution in [-0.2, 0) is 9.59 Å². The quantitative estimate of drug-likeness (QED) is 0.545. The smallest absolute Gasteiger partial charge is 0.303 e. The second-order valence-corrected chi connectivity index (χ2v) is 4.76. The van der Waals surface area contributed by atoms with Crippen molar-refractivity contribution in [1.29, 1.82) is 0 Å². The highest BCUT2D eigenvalue weighted by Crippen LogP contribution is 2.08. The molecular formula is C15H30O4. The van der Waals surface area contributed by atoms with Crippen LogP contribution < -0.4 is 0 Å². The topological polar surface area (TPSA) is 74.6 Å². The normalized spacial score (nSPS) is 9.58. The van der Waals surface area contributed by atoms with Crippen molar-refractivity contribution in [3.8, 4) is 0 Å². The predicted molar refractivity (Wildman–Crippen MR) is 77.4 cm³/mol. The Bertz CT molecular complexity index is 192. The minimum atomic E-state index is -0.740. The molecule has 0 aliphatic heterocycles. The fourth-order valence-electron chi connectivity index (χ4n) is 1.61. The summed E-state index contributed by atoms with van der Waals surface area (Å²) >= 11 is 0. The van der Waals surface area contributed by atoms with Gasteiger partial charge in [-0.15, -0.1) is 0 Å². The van der Waals surface area contributed by atoms with Gasteiger partial charge in [0.15, 0.2) is 0 Å². The Hall–Kier alpha value is -1.06. The van der Waals surface area contributed by atoms with E-state index in [1.807, 2.05) is 0 Å². The molecule has 0 saturated carbocycles. The summed E-state index contributed by atoms with van der Waals surface area (Å²) in [7, 11) is 0. The number of hydrogen-bond donors (Lipinski definition) is 2. The van der Waals surface area contributed by atoms with Crippen molar-refractivity contribution in [2.45, 2.75) is 84.5 Å². The Morgan fingerprint density at radius 1 is 0.632 bits per heavy atom. The summed E-state index contributed by atoms with van der Waals surface area (Å²) in [6.07, 6.45) is 9.90. The minimum absolute atomic E-state index is 0.245. The highest BCUT2D eigenvalue weighted by Gasteiger charge is 1.98. The summed E-state index contributed by atoms with van der Waals surface area (Å²) in [6, 6.07) is 0. The number of rotatable bonds is 11. The van der Waals surface area contributed by atoms with E-state index in [0.29, 0.717) is 0 Å². The SMILES string of the molecule is CCCCC.O=C(O)CCCCCCCCC(=O)O. The van der Waals surface area contributed by atoms with Crippen LogP contribution >= 0.6 is 0 Å². The molecule has 19 heavy (non-hydrogen) atoms. The number of carboxylic acid groups (broad SMARTS) is 2. The molecule has 0 aromatic rings. The van der Waals surface area contributed by atoms with E-state index in [-0.39, 0.29) is 12.8 Å². The molecule has 0 saturated heterocycles. The maximum Gasteiger partial charge on any atom is 0.303 e. The van der Waals surface area contributed by atoms with Gasteiger partial charge < -0.3 is 10.2 Å². The Morgan fingerprint density at radius 3 is 1.16 bits per heavy atom. The molecular weight excluding hydrogens is 244 g/mol. The molecule has 4 heteroatoms. The first-order valence-corrected chi connectivity index (χ1v) is 7.48. The van der Waals surface area contributed by atoms with Crippen molar-refractivity contribution < 1.29 is 19.8 Å². The van der Waals surface area contributed by atoms with E-state index in [9.17, 15) is 9.59 Å². The summed E-state index contributed by atoms with van der Waals surface area (Å²) in [6.45, 7) is 4.42. The molecule has 0 amide bonds. The first-order chi connectivity index (χ1) is 9.04. The van der Waals surface area contributed by atoms with E-state index in [2.05, 4.69) is 13.8 Å². The Labute approximate surface area is 117 Å². The third kappa shape index (κ3) is 26.5. The first kappa shape index (κ1) is 20.3. The van der Waals surface area contributed by atoms with Gasteiger partial charge in [0.25, 0.3) is 0 Å². The predicted octanol–water partition coefficient (Wildman–Crippen LogP) is 4.47. The van der Waals surface area contributed by atoms with E-state index in [1.165, 1.54) is 19.3 Å². The van der Waals surface area contributed by atoms with Gasteiger partial charge in [-0.2, -0.15) is 0 Å². The molecule has 0 radical (unpaired) electrons. The highest BCUT2D eigenvalue weighted by atomic mass is 16.4. The Morgan fingerprint density at radius 2 is 0.947 bits per heavy atom. The Balaban J connectivity index is 0. The van der Waals surface area contributed by atoms with Gasteiger partial charge in [-0.25, -0.2) is 0 Å². The van der Waals surface area contributed by atoms with E-state index in [4.69, 9.17) is 10.2 Å². The van der Waals surface area contributed by atoms with Crippen LogP contribution in [-0.4, -0.2) is 22.2 Å². The number of unbranched alkanes of at least 4 members (excludes halogenated alkanes) is 7. The maximum atomic E-state index is 10.1. The molecule has 4 nitrogen and oxygen atoms in total. The van der Waals surface area contributed by atoms with E-state index in [1.54, 1.807) is 0 Å². The number of carboxylic acids is 2. The molecule has 0 aromatic carbocycles. The van der Waals surface area contributed by atoms with Gasteiger partial charge in [0.2, 0.25) is 0 Å². The molecule has 0 rings (SSSR count). The molecule has 0 unspecified atom stereocenters. The third-order valence-electron chi connectivity index (χ3n) is 2.74. The lowest BCUT2D eigenvalue weighted by Gasteiger charge is -1.98. The fourth-order valence-corrected chi connectivity index (χ4v) is 1.61. The number of hydrogen-bond acceptors (Lipinski definition) is 2. The van der Waals surface area contributed by atoms with Crippen LogP contribution in [0.3, 0.4) is 0 Å². The standard InChI is InChI=1S/C10H18O4.C5H12/c11-9(12)7-5-3-1-2-4-6-8-10(13)14;1-3-5-4-2/h1-8H2,(H,11,12)(H,13,14);3-5H2,1-2H3. The Kier molecular flexibility index (Phi) is 18.1. The largest absolute Gasteiger partial charge is 0.481 e. The van der Waals surface area contributed by atoms with Crippen molar-refractivity contribution in [3.63, 3.8) is 0 Å². The average molecular weight is 274 g/mol. The molecule has 0 fully saturated rings. The molecule has 0 heterocycles. The van der Waals surface area contributed by atoms with Crippen molar-refractivity contribution in [1.82, 2.24) is 0 Å². The van der Waals surface area contributed by atoms with Crippen LogP contribution in [0.1, 0.15) is 84.5 Å². The maximum absolute atomic E-state index is 10.1. The second kappa shape index (κ2) is 16.9. The van der Waals surface area contributed by atoms with Crippen molar-refractivity contribution in [2.24, 2.45) is 0 Å². The lowest BCUT2D eigenvalue weighted by atomic mass is 10.1. The zero-order valence-electron chi connectivity index (χ0n) is 12.5. The summed E-state index contributed by atoms with van der Waals surface area (Å²) in [4.78, 5) is 20.3. The van der Waals surface area contributed by atoms with Crippen LogP contribution in [0.5, 0.6) is 0 Å². The van der Waals surface area contributed by atoms with E-state index >= 15 is 0 Å². The van der Waals surface area contributed by atoms with Gasteiger partial charge >= 0.3 is 11.9 Å². The minimum Gasteiger partial charge on any atom is -0.481 e. The molecule has 0 aromatic heterocycles. The summed E-state index contributed by atoms with van der Waals surface area (Å²) < 4.78 is 0. The molecule has 0 spiro atoms. The van der Waals surface area contributed by atoms with Crippen LogP contribution in [0, 0.1) is 0 Å². The van der Waals surface area contributed by atoms with Gasteiger partial charge in [-0.3, -0.25) is 9.59 Å². The van der Waals surface area contributed by atoms with Gasteiger partial charge in [-0.1, -0.05) is 58.8 Å². The van der Waals surface area contributed by atoms with Gasteiger partial charge in [0, 0.05) is 12.8 Å². The molecule has 0 aliphatic carbocycles. The molecule has 0 aliphatic rings. The number of carbonyl (C=O) groups is 2. The van der Waals surface area contributed by atoms with Crippen molar-refractivity contribution in [2.75, 3.05) is 0 Å². The molecule has 2 N–H and O–H groups in total. The lowest BCUT2D eigenvalue weighted by Crippen LogP contribution is -1.94. The number of aliphatic carboxylic acids is 2. The van der Waals surface area contributed by atoms with Crippen LogP contribution in [0.25, 0.3) is 0 Å². The average Bonchev–Trinajstić information content (AvgIpc) is 2.33. The summed E-state index contributed by atoms with van der Waals surface area (Å²) in [5, 5.41) is 16.7. The summed E-state index contributed by atoms with van der Waals surface area (Å²) in [5.74, 6) is -1.48. The monoisotopic (exact) mass is 274 g/mol. The zero-order valence-corrected chi connectivity index (χ0v) is 12.5. The first-order valence-electron chi connectivity index (χ1n) is 7.48. The third-order valence-corrected chi connectivity index (χ3v) is 2.74. The second-order valence-electron chi connectivity index (χ2n) is 4.76. The molecule has 114 valence electrons. The van der Waals surface area contributed by atoms with Crippen LogP contribution in [0.2, 0.25) is 0 Å². The van der Waals surface area contributed by atoms with Gasteiger partial charge in [-0.05, 0) is 12.8 Å². The van der Waals surface area contributed by atoms with Gasteiger partial charge in [0.05, 0.1) is 0 Å². The molecule has 0 bridgehead atoms. The highest BCUT2D eigenvalue weighted by molar-refractivity contribution is 5.66. The van der Waals surface area contributed by atoms with Crippen LogP contribution in [0.15, 0.2) is 0 Å². The summed E-state index contributed by atoms with van der Waals surface area (Å²) in [5.41, 5.74) is 0. The van der Waals surface area contributed by atoms with E-state index < -0.39 is 11.9 Å². The lowest BCUT2D eigenvalue weighted by molar-refractivity contribution is -0.138. The van der Waals surface area contributed by atoms with Crippen LogP contribution in [0.4, 0.5) is 0 Å².